The smallest absolute Gasteiger partial charge is 0.323 e. The third-order valence-corrected chi connectivity index (χ3v) is 7.24. The van der Waals surface area contributed by atoms with Crippen LogP contribution in [0.3, 0.4) is 0 Å². The summed E-state index contributed by atoms with van der Waals surface area (Å²) in [5, 5.41) is 9.08. The molecule has 4 rings (SSSR count). The molecular formula is C29H27NO5S2. The summed E-state index contributed by atoms with van der Waals surface area (Å²) in [4.78, 5) is 25.3. The predicted molar refractivity (Wildman–Crippen MR) is 150 cm³/mol. The molecule has 3 aromatic rings. The third-order valence-electron chi connectivity index (χ3n) is 5.86. The van der Waals surface area contributed by atoms with Crippen molar-refractivity contribution >= 4 is 46.3 Å². The van der Waals surface area contributed by atoms with Crippen molar-refractivity contribution in [2.24, 2.45) is 0 Å². The fourth-order valence-corrected chi connectivity index (χ4v) is 5.08. The fourth-order valence-electron chi connectivity index (χ4n) is 3.82. The molecule has 0 radical (unpaired) electrons. The molecule has 1 aliphatic heterocycles. The van der Waals surface area contributed by atoms with Crippen molar-refractivity contribution in [3.63, 3.8) is 0 Å². The first-order valence-electron chi connectivity index (χ1n) is 11.8. The van der Waals surface area contributed by atoms with Gasteiger partial charge in [0.1, 0.15) is 17.0 Å². The molecule has 1 aliphatic rings. The number of thioether (sulfide) groups is 1. The number of amides is 1. The molecule has 1 heterocycles. The number of thiocarbonyl (C=S) groups is 1. The fraction of sp³-hybridized carbons (Fsp3) is 0.207. The Morgan fingerprint density at radius 3 is 2.30 bits per heavy atom. The number of hydrogen-bond donors (Lipinski definition) is 1. The lowest BCUT2D eigenvalue weighted by atomic mass is 10.0. The van der Waals surface area contributed by atoms with Crippen molar-refractivity contribution in [2.75, 3.05) is 13.2 Å². The molecule has 0 spiro atoms. The van der Waals surface area contributed by atoms with Crippen LogP contribution >= 0.6 is 24.0 Å². The number of nitrogens with zero attached hydrogens (tertiary/aromatic N) is 1. The summed E-state index contributed by atoms with van der Waals surface area (Å²) in [6.45, 7) is 4.08. The molecule has 1 amide bonds. The number of carboxylic acids is 1. The molecule has 6 nitrogen and oxygen atoms in total. The lowest BCUT2D eigenvalue weighted by Crippen LogP contribution is -2.33. The first-order chi connectivity index (χ1) is 17.8. The normalized spacial score (nSPS) is 16.1. The van der Waals surface area contributed by atoms with Gasteiger partial charge in [-0.2, -0.15) is 0 Å². The molecule has 0 unspecified atom stereocenters. The van der Waals surface area contributed by atoms with Gasteiger partial charge in [0, 0.05) is 5.92 Å². The molecule has 3 aromatic carbocycles. The second-order valence-corrected chi connectivity index (χ2v) is 10.3. The number of carbonyl (C=O) groups excluding carboxylic acids is 1. The van der Waals surface area contributed by atoms with Crippen molar-refractivity contribution in [1.82, 2.24) is 4.90 Å². The van der Waals surface area contributed by atoms with Gasteiger partial charge in [-0.05, 0) is 41.8 Å². The molecule has 1 N–H and O–H groups in total. The molecule has 2 atom stereocenters. The van der Waals surface area contributed by atoms with Crippen LogP contribution in [-0.4, -0.2) is 39.4 Å². The Morgan fingerprint density at radius 2 is 1.65 bits per heavy atom. The SMILES string of the molecule is C[C@H](COc1ccc(C=C2SC(=S)N(CC(=O)O)C2=O)cc1O[C@H](C)c1ccccc1)c1ccccc1. The zero-order chi connectivity index (χ0) is 26.4. The van der Waals surface area contributed by atoms with Crippen molar-refractivity contribution < 1.29 is 24.2 Å². The predicted octanol–water partition coefficient (Wildman–Crippen LogP) is 6.29. The lowest BCUT2D eigenvalue weighted by molar-refractivity contribution is -0.140. The van der Waals surface area contributed by atoms with Crippen molar-refractivity contribution in [1.29, 1.82) is 0 Å². The van der Waals surface area contributed by atoms with Crippen LogP contribution in [0.1, 0.15) is 42.6 Å². The van der Waals surface area contributed by atoms with E-state index < -0.39 is 18.4 Å². The van der Waals surface area contributed by atoms with Crippen molar-refractivity contribution in [3.05, 3.63) is 100 Å². The summed E-state index contributed by atoms with van der Waals surface area (Å²) < 4.78 is 12.8. The van der Waals surface area contributed by atoms with Crippen LogP contribution < -0.4 is 9.47 Å². The van der Waals surface area contributed by atoms with E-state index >= 15 is 0 Å². The second-order valence-electron chi connectivity index (χ2n) is 8.66. The highest BCUT2D eigenvalue weighted by Gasteiger charge is 2.33. The van der Waals surface area contributed by atoms with Gasteiger partial charge in [-0.3, -0.25) is 14.5 Å². The molecule has 0 aliphatic carbocycles. The van der Waals surface area contributed by atoms with Gasteiger partial charge in [0.05, 0.1) is 11.5 Å². The van der Waals surface area contributed by atoms with Crippen LogP contribution in [0.25, 0.3) is 6.08 Å². The number of aliphatic carboxylic acids is 1. The number of carbonyl (C=O) groups is 2. The Bertz CT molecular complexity index is 1310. The minimum absolute atomic E-state index is 0.177. The number of hydrogen-bond acceptors (Lipinski definition) is 6. The van der Waals surface area contributed by atoms with Gasteiger partial charge in [0.15, 0.2) is 11.5 Å². The van der Waals surface area contributed by atoms with Gasteiger partial charge in [-0.25, -0.2) is 0 Å². The van der Waals surface area contributed by atoms with E-state index in [1.807, 2.05) is 73.7 Å². The molecule has 37 heavy (non-hydrogen) atoms. The van der Waals surface area contributed by atoms with Crippen LogP contribution in [0.5, 0.6) is 11.5 Å². The minimum Gasteiger partial charge on any atom is -0.489 e. The zero-order valence-corrected chi connectivity index (χ0v) is 22.1. The van der Waals surface area contributed by atoms with Crippen LogP contribution in [0.2, 0.25) is 0 Å². The Hall–Kier alpha value is -3.62. The zero-order valence-electron chi connectivity index (χ0n) is 20.5. The molecule has 0 saturated carbocycles. The molecule has 1 saturated heterocycles. The van der Waals surface area contributed by atoms with Crippen molar-refractivity contribution in [2.45, 2.75) is 25.9 Å². The van der Waals surface area contributed by atoms with Gasteiger partial charge in [-0.1, -0.05) is 97.6 Å². The Balaban J connectivity index is 1.59. The highest BCUT2D eigenvalue weighted by molar-refractivity contribution is 8.26. The van der Waals surface area contributed by atoms with E-state index in [-0.39, 0.29) is 16.3 Å². The first-order valence-corrected chi connectivity index (χ1v) is 13.0. The van der Waals surface area contributed by atoms with Crippen LogP contribution in [0, 0.1) is 0 Å². The monoisotopic (exact) mass is 533 g/mol. The summed E-state index contributed by atoms with van der Waals surface area (Å²) >= 11 is 6.29. The Kier molecular flexibility index (Phi) is 8.63. The molecule has 1 fully saturated rings. The molecule has 8 heteroatoms. The van der Waals surface area contributed by atoms with E-state index in [1.54, 1.807) is 6.08 Å². The maximum atomic E-state index is 12.7. The number of carboxylic acid groups (broad SMARTS) is 1. The molecule has 190 valence electrons. The molecule has 0 aromatic heterocycles. The highest BCUT2D eigenvalue weighted by Crippen LogP contribution is 2.36. The van der Waals surface area contributed by atoms with Gasteiger partial charge >= 0.3 is 5.97 Å². The van der Waals surface area contributed by atoms with E-state index in [0.29, 0.717) is 23.0 Å². The average Bonchev–Trinajstić information content (AvgIpc) is 3.15. The van der Waals surface area contributed by atoms with Gasteiger partial charge in [0.2, 0.25) is 0 Å². The lowest BCUT2D eigenvalue weighted by Gasteiger charge is -2.20. The van der Waals surface area contributed by atoms with Crippen LogP contribution in [0.15, 0.2) is 83.8 Å². The Labute approximate surface area is 225 Å². The summed E-state index contributed by atoms with van der Waals surface area (Å²) in [6, 6.07) is 25.5. The van der Waals surface area contributed by atoms with Crippen molar-refractivity contribution in [3.8, 4) is 11.5 Å². The highest BCUT2D eigenvalue weighted by atomic mass is 32.2. The topological polar surface area (TPSA) is 76.1 Å². The maximum absolute atomic E-state index is 12.7. The first kappa shape index (κ1) is 26.4. The Morgan fingerprint density at radius 1 is 1.00 bits per heavy atom. The standard InChI is InChI=1S/C29H27NO5S2/c1-19(22-9-5-3-6-10-22)18-34-24-14-13-21(15-25(24)35-20(2)23-11-7-4-8-12-23)16-26-28(33)30(17-27(31)32)29(36)37-26/h3-16,19-20H,17-18H2,1-2H3,(H,31,32)/t19-,20-/m1/s1. The van der Waals surface area contributed by atoms with Crippen LogP contribution in [0.4, 0.5) is 0 Å². The number of rotatable bonds is 10. The number of benzene rings is 3. The summed E-state index contributed by atoms with van der Waals surface area (Å²) in [5.74, 6) is -0.215. The van der Waals surface area contributed by atoms with E-state index in [1.165, 1.54) is 5.56 Å². The largest absolute Gasteiger partial charge is 0.489 e. The van der Waals surface area contributed by atoms with Gasteiger partial charge in [0.25, 0.3) is 5.91 Å². The van der Waals surface area contributed by atoms with Gasteiger partial charge in [-0.15, -0.1) is 0 Å². The van der Waals surface area contributed by atoms with E-state index in [9.17, 15) is 9.59 Å². The minimum atomic E-state index is -1.12. The maximum Gasteiger partial charge on any atom is 0.323 e. The quantitative estimate of drug-likeness (QED) is 0.242. The molecule has 0 bridgehead atoms. The second kappa shape index (κ2) is 12.1. The van der Waals surface area contributed by atoms with Gasteiger partial charge < -0.3 is 14.6 Å². The molecular weight excluding hydrogens is 506 g/mol. The van der Waals surface area contributed by atoms with E-state index in [2.05, 4.69) is 19.1 Å². The third kappa shape index (κ3) is 6.78. The average molecular weight is 534 g/mol. The van der Waals surface area contributed by atoms with Crippen LogP contribution in [-0.2, 0) is 9.59 Å². The summed E-state index contributed by atoms with van der Waals surface area (Å²) in [7, 11) is 0. The van der Waals surface area contributed by atoms with E-state index in [4.69, 9.17) is 26.8 Å². The van der Waals surface area contributed by atoms with E-state index in [0.717, 1.165) is 27.8 Å². The summed E-state index contributed by atoms with van der Waals surface area (Å²) in [5.41, 5.74) is 2.92. The summed E-state index contributed by atoms with van der Waals surface area (Å²) in [6.07, 6.45) is 1.46. The number of ether oxygens (including phenoxy) is 2.